The molecule has 38 heavy (non-hydrogen) atoms. The van der Waals surface area contributed by atoms with Crippen LogP contribution in [-0.2, 0) is 16.1 Å². The molecular formula is C29H27N3O5S. The number of carbonyl (C=O) groups is 3. The maximum absolute atomic E-state index is 12.5. The van der Waals surface area contributed by atoms with Crippen molar-refractivity contribution in [2.45, 2.75) is 31.6 Å². The van der Waals surface area contributed by atoms with Crippen LogP contribution in [0.5, 0.6) is 6.01 Å². The SMILES string of the molecule is CCCCOc1nc2cccc(C(=O)OC)c2n1Cc1ccc(-c2ccccc2C2SC(=O)NC2=O)cc1. The number of nitrogens with zero attached hydrogens (tertiary/aromatic N) is 2. The molecule has 0 saturated carbocycles. The summed E-state index contributed by atoms with van der Waals surface area (Å²) in [5, 5.41) is 1.46. The monoisotopic (exact) mass is 529 g/mol. The van der Waals surface area contributed by atoms with Crippen molar-refractivity contribution in [2.75, 3.05) is 13.7 Å². The lowest BCUT2D eigenvalue weighted by Gasteiger charge is -2.14. The molecule has 0 aliphatic carbocycles. The van der Waals surface area contributed by atoms with E-state index >= 15 is 0 Å². The number of imidazole rings is 1. The third kappa shape index (κ3) is 5.02. The van der Waals surface area contributed by atoms with Gasteiger partial charge in [0.15, 0.2) is 0 Å². The van der Waals surface area contributed by atoms with Crippen molar-refractivity contribution in [2.24, 2.45) is 0 Å². The second-order valence-electron chi connectivity index (χ2n) is 8.91. The van der Waals surface area contributed by atoms with Crippen molar-refractivity contribution in [3.8, 4) is 17.1 Å². The Morgan fingerprint density at radius 1 is 1.05 bits per heavy atom. The van der Waals surface area contributed by atoms with Crippen LogP contribution in [0.25, 0.3) is 22.2 Å². The molecule has 3 aromatic carbocycles. The van der Waals surface area contributed by atoms with Crippen molar-refractivity contribution in [1.29, 1.82) is 0 Å². The van der Waals surface area contributed by atoms with E-state index in [1.807, 2.05) is 59.2 Å². The van der Waals surface area contributed by atoms with Crippen molar-refractivity contribution in [1.82, 2.24) is 14.9 Å². The molecule has 1 unspecified atom stereocenters. The minimum absolute atomic E-state index is 0.298. The smallest absolute Gasteiger partial charge is 0.340 e. The van der Waals surface area contributed by atoms with Crippen molar-refractivity contribution in [3.05, 3.63) is 83.4 Å². The number of para-hydroxylation sites is 1. The van der Waals surface area contributed by atoms with Gasteiger partial charge in [-0.3, -0.25) is 19.5 Å². The third-order valence-electron chi connectivity index (χ3n) is 6.40. The maximum Gasteiger partial charge on any atom is 0.340 e. The van der Waals surface area contributed by atoms with Crippen LogP contribution in [0.1, 0.15) is 46.5 Å². The standard InChI is InChI=1S/C29H27N3O5S/c1-3-4-16-37-28-30-23-11-7-10-22(27(34)36-2)24(23)32(28)17-18-12-14-19(15-13-18)20-8-5-6-9-21(20)25-26(33)31-29(35)38-25/h5-15,25H,3-4,16-17H2,1-2H3,(H,31,33,35). The Hall–Kier alpha value is -4.11. The maximum atomic E-state index is 12.5. The third-order valence-corrected chi connectivity index (χ3v) is 7.42. The number of fused-ring (bicyclic) bond motifs is 1. The first-order chi connectivity index (χ1) is 18.5. The zero-order chi connectivity index (χ0) is 26.6. The molecule has 4 aromatic rings. The van der Waals surface area contributed by atoms with Crippen LogP contribution < -0.4 is 10.1 Å². The summed E-state index contributed by atoms with van der Waals surface area (Å²) in [6.45, 7) is 3.05. The minimum Gasteiger partial charge on any atom is -0.465 e. The lowest BCUT2D eigenvalue weighted by Crippen LogP contribution is -2.20. The molecule has 0 spiro atoms. The van der Waals surface area contributed by atoms with Gasteiger partial charge in [-0.1, -0.05) is 67.9 Å². The molecule has 8 nitrogen and oxygen atoms in total. The molecule has 1 N–H and O–H groups in total. The molecule has 1 aliphatic heterocycles. The van der Waals surface area contributed by atoms with Crippen LogP contribution in [0.15, 0.2) is 66.7 Å². The van der Waals surface area contributed by atoms with Gasteiger partial charge in [-0.05, 0) is 52.6 Å². The number of esters is 1. The van der Waals surface area contributed by atoms with Gasteiger partial charge in [-0.15, -0.1) is 0 Å². The lowest BCUT2D eigenvalue weighted by molar-refractivity contribution is -0.119. The number of aromatic nitrogens is 2. The molecule has 2 heterocycles. The Morgan fingerprint density at radius 3 is 2.55 bits per heavy atom. The van der Waals surface area contributed by atoms with E-state index in [0.717, 1.165) is 46.9 Å². The number of ether oxygens (including phenoxy) is 2. The van der Waals surface area contributed by atoms with Gasteiger partial charge in [-0.25, -0.2) is 4.79 Å². The van der Waals surface area contributed by atoms with Gasteiger partial charge in [0.05, 0.1) is 36.9 Å². The molecule has 0 radical (unpaired) electrons. The Labute approximate surface area is 224 Å². The molecular weight excluding hydrogens is 502 g/mol. The van der Waals surface area contributed by atoms with E-state index in [9.17, 15) is 14.4 Å². The molecule has 194 valence electrons. The number of amides is 2. The highest BCUT2D eigenvalue weighted by atomic mass is 32.2. The van der Waals surface area contributed by atoms with Crippen LogP contribution in [-0.4, -0.2) is 40.4 Å². The fourth-order valence-electron chi connectivity index (χ4n) is 4.53. The summed E-state index contributed by atoms with van der Waals surface area (Å²) in [5.74, 6) is -0.732. The fraction of sp³-hybridized carbons (Fsp3) is 0.241. The minimum atomic E-state index is -0.574. The number of hydrogen-bond donors (Lipinski definition) is 1. The predicted octanol–water partition coefficient (Wildman–Crippen LogP) is 5.74. The van der Waals surface area contributed by atoms with E-state index in [4.69, 9.17) is 9.47 Å². The van der Waals surface area contributed by atoms with Gasteiger partial charge in [0.2, 0.25) is 5.91 Å². The quantitative estimate of drug-likeness (QED) is 0.218. The molecule has 1 aromatic heterocycles. The highest BCUT2D eigenvalue weighted by Gasteiger charge is 2.34. The first-order valence-electron chi connectivity index (χ1n) is 12.4. The summed E-state index contributed by atoms with van der Waals surface area (Å²) >= 11 is 0.996. The Balaban J connectivity index is 1.49. The molecule has 1 aliphatic rings. The highest BCUT2D eigenvalue weighted by molar-refractivity contribution is 8.15. The summed E-state index contributed by atoms with van der Waals surface area (Å²) in [6, 6.07) is 21.4. The summed E-state index contributed by atoms with van der Waals surface area (Å²) in [7, 11) is 1.36. The zero-order valence-corrected chi connectivity index (χ0v) is 21.9. The molecule has 2 amide bonds. The summed E-state index contributed by atoms with van der Waals surface area (Å²) in [6.07, 6.45) is 1.88. The second-order valence-corrected chi connectivity index (χ2v) is 9.98. The average molecular weight is 530 g/mol. The zero-order valence-electron chi connectivity index (χ0n) is 21.1. The molecule has 0 bridgehead atoms. The second kappa shape index (κ2) is 11.1. The van der Waals surface area contributed by atoms with Crippen molar-refractivity contribution < 1.29 is 23.9 Å². The number of hydrogen-bond acceptors (Lipinski definition) is 7. The van der Waals surface area contributed by atoms with E-state index < -0.39 is 11.2 Å². The van der Waals surface area contributed by atoms with Gasteiger partial charge < -0.3 is 9.47 Å². The number of carbonyl (C=O) groups excluding carboxylic acids is 3. The van der Waals surface area contributed by atoms with Gasteiger partial charge in [0.25, 0.3) is 11.2 Å². The normalized spacial score (nSPS) is 15.1. The number of rotatable bonds is 9. The number of benzene rings is 3. The summed E-state index contributed by atoms with van der Waals surface area (Å²) in [5.41, 5.74) is 5.35. The number of imide groups is 1. The van der Waals surface area contributed by atoms with Crippen LogP contribution in [0.4, 0.5) is 4.79 Å². The van der Waals surface area contributed by atoms with Gasteiger partial charge in [0, 0.05) is 0 Å². The topological polar surface area (TPSA) is 99.5 Å². The molecule has 9 heteroatoms. The van der Waals surface area contributed by atoms with Gasteiger partial charge in [-0.2, -0.15) is 4.98 Å². The first-order valence-corrected chi connectivity index (χ1v) is 13.3. The number of unbranched alkanes of at least 4 members (excludes halogenated alkanes) is 1. The number of thioether (sulfide) groups is 1. The van der Waals surface area contributed by atoms with E-state index in [1.54, 1.807) is 12.1 Å². The summed E-state index contributed by atoms with van der Waals surface area (Å²) in [4.78, 5) is 41.3. The summed E-state index contributed by atoms with van der Waals surface area (Å²) < 4.78 is 12.9. The Morgan fingerprint density at radius 2 is 1.84 bits per heavy atom. The van der Waals surface area contributed by atoms with Crippen LogP contribution in [0, 0.1) is 0 Å². The Bertz CT molecular complexity index is 1510. The highest BCUT2D eigenvalue weighted by Crippen LogP contribution is 2.39. The van der Waals surface area contributed by atoms with E-state index in [1.165, 1.54) is 7.11 Å². The lowest BCUT2D eigenvalue weighted by atomic mass is 9.96. The number of methoxy groups -OCH3 is 1. The van der Waals surface area contributed by atoms with Crippen molar-refractivity contribution in [3.63, 3.8) is 0 Å². The molecule has 1 atom stereocenters. The van der Waals surface area contributed by atoms with Crippen LogP contribution >= 0.6 is 11.8 Å². The van der Waals surface area contributed by atoms with Gasteiger partial charge in [0.1, 0.15) is 5.25 Å². The molecule has 5 rings (SSSR count). The molecule has 1 saturated heterocycles. The van der Waals surface area contributed by atoms with Gasteiger partial charge >= 0.3 is 5.97 Å². The fourth-order valence-corrected chi connectivity index (χ4v) is 5.40. The first kappa shape index (κ1) is 25.5. The van der Waals surface area contributed by atoms with Crippen LogP contribution in [0.2, 0.25) is 0 Å². The predicted molar refractivity (Wildman–Crippen MR) is 146 cm³/mol. The average Bonchev–Trinajstić information content (AvgIpc) is 3.46. The van der Waals surface area contributed by atoms with E-state index in [-0.39, 0.29) is 11.1 Å². The van der Waals surface area contributed by atoms with E-state index in [0.29, 0.717) is 35.8 Å². The van der Waals surface area contributed by atoms with E-state index in [2.05, 4.69) is 17.2 Å². The van der Waals surface area contributed by atoms with Crippen molar-refractivity contribution >= 4 is 39.9 Å². The number of nitrogens with one attached hydrogen (secondary N) is 1. The van der Waals surface area contributed by atoms with Crippen LogP contribution in [0.3, 0.4) is 0 Å². The largest absolute Gasteiger partial charge is 0.465 e. The Kier molecular flexibility index (Phi) is 7.46. The molecule has 1 fully saturated rings.